The maximum atomic E-state index is 11.8. The second-order valence-electron chi connectivity index (χ2n) is 5.65. The molecular weight excluding hydrogens is 308 g/mol. The van der Waals surface area contributed by atoms with E-state index in [1.165, 1.54) is 10.6 Å². The zero-order chi connectivity index (χ0) is 15.6. The Hall–Kier alpha value is -1.29. The molecule has 0 N–H and O–H groups in total. The van der Waals surface area contributed by atoms with Gasteiger partial charge in [0.15, 0.2) is 0 Å². The summed E-state index contributed by atoms with van der Waals surface area (Å²) in [5.41, 5.74) is -0.684. The molecule has 0 aromatic carbocycles. The van der Waals surface area contributed by atoms with Gasteiger partial charge in [0.1, 0.15) is 5.60 Å². The maximum Gasteiger partial charge on any atom is 0.225 e. The number of nitrogens with zero attached hydrogens (tertiary/aromatic N) is 4. The Morgan fingerprint density at radius 2 is 1.95 bits per heavy atom. The molecule has 8 nitrogen and oxygen atoms in total. The van der Waals surface area contributed by atoms with E-state index in [-0.39, 0.29) is 6.54 Å². The van der Waals surface area contributed by atoms with E-state index in [4.69, 9.17) is 9.47 Å². The van der Waals surface area contributed by atoms with Gasteiger partial charge in [-0.1, -0.05) is 0 Å². The van der Waals surface area contributed by atoms with Crippen LogP contribution in [-0.2, 0) is 19.5 Å². The molecular formula is C13H20N4O4S. The van der Waals surface area contributed by atoms with E-state index in [1.54, 1.807) is 18.5 Å². The van der Waals surface area contributed by atoms with E-state index in [0.717, 1.165) is 0 Å². The van der Waals surface area contributed by atoms with Crippen molar-refractivity contribution in [3.63, 3.8) is 0 Å². The van der Waals surface area contributed by atoms with Crippen LogP contribution in [-0.4, -0.2) is 80.5 Å². The maximum absolute atomic E-state index is 11.8. The van der Waals surface area contributed by atoms with Crippen molar-refractivity contribution in [2.75, 3.05) is 57.2 Å². The first-order valence-corrected chi connectivity index (χ1v) is 9.02. The van der Waals surface area contributed by atoms with E-state index in [2.05, 4.69) is 9.97 Å². The number of morpholine rings is 1. The second-order valence-corrected chi connectivity index (χ2v) is 7.63. The molecule has 3 rings (SSSR count). The molecule has 2 fully saturated rings. The highest BCUT2D eigenvalue weighted by Crippen LogP contribution is 2.25. The average molecular weight is 328 g/mol. The van der Waals surface area contributed by atoms with E-state index < -0.39 is 15.6 Å². The highest BCUT2D eigenvalue weighted by Gasteiger charge is 2.43. The molecule has 1 aromatic heterocycles. The Labute approximate surface area is 130 Å². The SMILES string of the molecule is CS(=O)(=O)N1CCO[C@]2(COCCN(c3ncccn3)C2)C1. The van der Waals surface area contributed by atoms with Crippen molar-refractivity contribution in [2.45, 2.75) is 5.60 Å². The van der Waals surface area contributed by atoms with E-state index in [0.29, 0.717) is 45.4 Å². The molecule has 2 saturated heterocycles. The zero-order valence-electron chi connectivity index (χ0n) is 12.5. The average Bonchev–Trinajstić information content (AvgIpc) is 2.70. The molecule has 122 valence electrons. The molecule has 0 radical (unpaired) electrons. The van der Waals surface area contributed by atoms with E-state index in [1.807, 2.05) is 4.90 Å². The Balaban J connectivity index is 1.82. The van der Waals surface area contributed by atoms with Crippen molar-refractivity contribution in [1.29, 1.82) is 0 Å². The molecule has 0 aliphatic carbocycles. The van der Waals surface area contributed by atoms with Crippen LogP contribution in [0.5, 0.6) is 0 Å². The van der Waals surface area contributed by atoms with Crippen molar-refractivity contribution in [1.82, 2.24) is 14.3 Å². The summed E-state index contributed by atoms with van der Waals surface area (Å²) in [7, 11) is -3.25. The zero-order valence-corrected chi connectivity index (χ0v) is 13.3. The summed E-state index contributed by atoms with van der Waals surface area (Å²) in [5.74, 6) is 0.604. The Kier molecular flexibility index (Phi) is 4.31. The van der Waals surface area contributed by atoms with Crippen LogP contribution in [0.25, 0.3) is 0 Å². The minimum absolute atomic E-state index is 0.287. The second kappa shape index (κ2) is 6.07. The Morgan fingerprint density at radius 1 is 1.18 bits per heavy atom. The fourth-order valence-corrected chi connectivity index (χ4v) is 3.68. The van der Waals surface area contributed by atoms with Crippen molar-refractivity contribution in [3.05, 3.63) is 18.5 Å². The minimum Gasteiger partial charge on any atom is -0.376 e. The normalized spacial score (nSPS) is 27.8. The van der Waals surface area contributed by atoms with Crippen LogP contribution in [0.4, 0.5) is 5.95 Å². The quantitative estimate of drug-likeness (QED) is 0.713. The third-order valence-corrected chi connectivity index (χ3v) is 5.12. The van der Waals surface area contributed by atoms with Crippen LogP contribution in [0.15, 0.2) is 18.5 Å². The van der Waals surface area contributed by atoms with Gasteiger partial charge < -0.3 is 14.4 Å². The highest BCUT2D eigenvalue weighted by atomic mass is 32.2. The molecule has 9 heteroatoms. The van der Waals surface area contributed by atoms with Crippen LogP contribution in [0.3, 0.4) is 0 Å². The number of sulfonamides is 1. The lowest BCUT2D eigenvalue weighted by molar-refractivity contribution is -0.116. The van der Waals surface area contributed by atoms with Gasteiger partial charge >= 0.3 is 0 Å². The van der Waals surface area contributed by atoms with Crippen molar-refractivity contribution < 1.29 is 17.9 Å². The molecule has 0 bridgehead atoms. The molecule has 1 atom stereocenters. The van der Waals surface area contributed by atoms with Gasteiger partial charge in [-0.3, -0.25) is 0 Å². The largest absolute Gasteiger partial charge is 0.376 e. The first-order valence-electron chi connectivity index (χ1n) is 7.17. The predicted octanol–water partition coefficient (Wildman–Crippen LogP) is -0.656. The summed E-state index contributed by atoms with van der Waals surface area (Å²) in [6.07, 6.45) is 4.60. The van der Waals surface area contributed by atoms with Gasteiger partial charge in [0, 0.05) is 32.0 Å². The lowest BCUT2D eigenvalue weighted by atomic mass is 10.0. The summed E-state index contributed by atoms with van der Waals surface area (Å²) in [5, 5.41) is 0. The van der Waals surface area contributed by atoms with Crippen LogP contribution < -0.4 is 4.90 Å². The Morgan fingerprint density at radius 3 is 2.68 bits per heavy atom. The predicted molar refractivity (Wildman–Crippen MR) is 80.2 cm³/mol. The molecule has 2 aliphatic heterocycles. The van der Waals surface area contributed by atoms with Crippen molar-refractivity contribution in [2.24, 2.45) is 0 Å². The number of hydrogen-bond donors (Lipinski definition) is 0. The van der Waals surface area contributed by atoms with Gasteiger partial charge in [-0.05, 0) is 6.07 Å². The first kappa shape index (κ1) is 15.6. The first-order chi connectivity index (χ1) is 10.5. The lowest BCUT2D eigenvalue weighted by Gasteiger charge is -2.42. The van der Waals surface area contributed by atoms with E-state index >= 15 is 0 Å². The van der Waals surface area contributed by atoms with Gasteiger partial charge in [0.25, 0.3) is 0 Å². The number of anilines is 1. The van der Waals surface area contributed by atoms with Crippen LogP contribution >= 0.6 is 0 Å². The van der Waals surface area contributed by atoms with Crippen LogP contribution in [0.1, 0.15) is 0 Å². The minimum atomic E-state index is -3.25. The third-order valence-electron chi connectivity index (χ3n) is 3.87. The smallest absolute Gasteiger partial charge is 0.225 e. The molecule has 22 heavy (non-hydrogen) atoms. The monoisotopic (exact) mass is 328 g/mol. The van der Waals surface area contributed by atoms with Crippen molar-refractivity contribution >= 4 is 16.0 Å². The van der Waals surface area contributed by atoms with E-state index in [9.17, 15) is 8.42 Å². The van der Waals surface area contributed by atoms with Gasteiger partial charge in [0.05, 0.1) is 32.6 Å². The van der Waals surface area contributed by atoms with Crippen LogP contribution in [0, 0.1) is 0 Å². The fourth-order valence-electron chi connectivity index (χ4n) is 2.81. The standard InChI is InChI=1S/C13H20N4O4S/c1-22(18,19)17-6-8-21-13(10-17)9-16(5-7-20-11-13)12-14-3-2-4-15-12/h2-4H,5-11H2,1H3/t13-/m0/s1. The summed E-state index contributed by atoms with van der Waals surface area (Å²) in [6, 6.07) is 1.76. The molecule has 3 heterocycles. The molecule has 1 spiro atoms. The number of hydrogen-bond acceptors (Lipinski definition) is 7. The van der Waals surface area contributed by atoms with Gasteiger partial charge in [-0.25, -0.2) is 18.4 Å². The fraction of sp³-hybridized carbons (Fsp3) is 0.692. The number of ether oxygens (including phenoxy) is 2. The van der Waals surface area contributed by atoms with Crippen molar-refractivity contribution in [3.8, 4) is 0 Å². The Bertz CT molecular complexity index is 612. The van der Waals surface area contributed by atoms with Gasteiger partial charge in [-0.15, -0.1) is 0 Å². The van der Waals surface area contributed by atoms with Gasteiger partial charge in [0.2, 0.25) is 16.0 Å². The van der Waals surface area contributed by atoms with Gasteiger partial charge in [-0.2, -0.15) is 4.31 Å². The number of aromatic nitrogens is 2. The molecule has 0 saturated carbocycles. The summed E-state index contributed by atoms with van der Waals surface area (Å²) >= 11 is 0. The van der Waals surface area contributed by atoms with Crippen LogP contribution in [0.2, 0.25) is 0 Å². The molecule has 2 aliphatic rings. The molecule has 1 aromatic rings. The summed E-state index contributed by atoms with van der Waals surface area (Å²) in [4.78, 5) is 10.5. The highest BCUT2D eigenvalue weighted by molar-refractivity contribution is 7.88. The number of rotatable bonds is 2. The topological polar surface area (TPSA) is 84.9 Å². The molecule has 0 unspecified atom stereocenters. The molecule has 0 amide bonds. The lowest BCUT2D eigenvalue weighted by Crippen LogP contribution is -2.59. The third kappa shape index (κ3) is 3.37. The summed E-state index contributed by atoms with van der Waals surface area (Å²) < 4.78 is 36.7. The summed E-state index contributed by atoms with van der Waals surface area (Å²) in [6.45, 7) is 3.07.